The molecule has 46 heavy (non-hydrogen) atoms. The topological polar surface area (TPSA) is 138 Å². The van der Waals surface area contributed by atoms with Crippen LogP contribution >= 0.6 is 0 Å². The van der Waals surface area contributed by atoms with E-state index >= 15 is 8.78 Å². The number of nitrogens with one attached hydrogen (secondary N) is 1. The number of benzene rings is 3. The standard InChI is InChI=1S/C34H28F2N4O6/c1-20(22-12-5-6-15-26(22)39-32(42)27-16-7-8-17-37-27)38-31(33(43)44)23(30-24(35)13-9-14-25(30)36)18-29(41)40-28(19-46-34(40)45)21-10-3-2-4-11-21/h2-17,23,28,31H,18-19H2,1H3,(H,39,42)(H,43,44)/t23-,28-,31+/m1/s1. The predicted molar refractivity (Wildman–Crippen MR) is 163 cm³/mol. The van der Waals surface area contributed by atoms with E-state index in [0.717, 1.165) is 23.1 Å². The Balaban J connectivity index is 1.52. The van der Waals surface area contributed by atoms with Gasteiger partial charge in [-0.15, -0.1) is 0 Å². The molecule has 5 rings (SSSR count). The van der Waals surface area contributed by atoms with Crippen LogP contribution in [0.5, 0.6) is 0 Å². The van der Waals surface area contributed by atoms with Crippen LogP contribution in [0.3, 0.4) is 0 Å². The monoisotopic (exact) mass is 626 g/mol. The van der Waals surface area contributed by atoms with Gasteiger partial charge in [0.25, 0.3) is 5.91 Å². The molecule has 4 aromatic rings. The second-order valence-electron chi connectivity index (χ2n) is 10.4. The van der Waals surface area contributed by atoms with Crippen molar-refractivity contribution in [1.82, 2.24) is 9.88 Å². The summed E-state index contributed by atoms with van der Waals surface area (Å²) in [6, 6.07) is 20.1. The maximum atomic E-state index is 15.2. The van der Waals surface area contributed by atoms with E-state index < -0.39 is 65.5 Å². The summed E-state index contributed by atoms with van der Waals surface area (Å²) in [4.78, 5) is 61.2. The fourth-order valence-corrected chi connectivity index (χ4v) is 5.33. The summed E-state index contributed by atoms with van der Waals surface area (Å²) < 4.78 is 35.6. The van der Waals surface area contributed by atoms with Crippen molar-refractivity contribution in [3.63, 3.8) is 0 Å². The van der Waals surface area contributed by atoms with E-state index in [4.69, 9.17) is 4.74 Å². The lowest BCUT2D eigenvalue weighted by atomic mass is 9.86. The first-order chi connectivity index (χ1) is 22.2. The van der Waals surface area contributed by atoms with E-state index in [9.17, 15) is 24.3 Å². The second kappa shape index (κ2) is 13.9. The quantitative estimate of drug-likeness (QED) is 0.213. The molecular formula is C34H28F2N4O6. The van der Waals surface area contributed by atoms with Crippen LogP contribution in [0.15, 0.2) is 102 Å². The molecule has 1 aliphatic rings. The normalized spacial score (nSPS) is 16.0. The van der Waals surface area contributed by atoms with E-state index in [1.807, 2.05) is 0 Å². The molecule has 0 aliphatic carbocycles. The second-order valence-corrected chi connectivity index (χ2v) is 10.4. The highest BCUT2D eigenvalue weighted by atomic mass is 19.1. The van der Waals surface area contributed by atoms with Gasteiger partial charge >= 0.3 is 12.1 Å². The summed E-state index contributed by atoms with van der Waals surface area (Å²) in [6.07, 6.45) is -0.295. The molecule has 1 saturated heterocycles. The van der Waals surface area contributed by atoms with E-state index in [2.05, 4.69) is 15.3 Å². The number of amides is 3. The number of carbonyl (C=O) groups is 4. The lowest BCUT2D eigenvalue weighted by Crippen LogP contribution is -2.38. The number of hydrogen-bond donors (Lipinski definition) is 2. The van der Waals surface area contributed by atoms with E-state index in [1.54, 1.807) is 66.7 Å². The Morgan fingerprint density at radius 2 is 1.65 bits per heavy atom. The molecule has 3 amide bonds. The highest BCUT2D eigenvalue weighted by Crippen LogP contribution is 2.35. The van der Waals surface area contributed by atoms with E-state index in [-0.39, 0.29) is 23.7 Å². The molecule has 10 nitrogen and oxygen atoms in total. The molecule has 2 N–H and O–H groups in total. The molecule has 0 radical (unpaired) electrons. The Kier molecular flexibility index (Phi) is 9.55. The van der Waals surface area contributed by atoms with Gasteiger partial charge in [-0.05, 0) is 42.8 Å². The van der Waals surface area contributed by atoms with Gasteiger partial charge in [-0.25, -0.2) is 23.3 Å². The number of aromatic nitrogens is 1. The minimum atomic E-state index is -1.89. The number of rotatable bonds is 10. The average molecular weight is 627 g/mol. The minimum absolute atomic E-state index is 0.0984. The smallest absolute Gasteiger partial charge is 0.417 e. The minimum Gasteiger partial charge on any atom is -0.480 e. The number of aliphatic carboxylic acids is 1. The summed E-state index contributed by atoms with van der Waals surface area (Å²) in [5, 5.41) is 13.1. The van der Waals surface area contributed by atoms with Crippen molar-refractivity contribution in [2.45, 2.75) is 31.3 Å². The number of pyridine rings is 1. The van der Waals surface area contributed by atoms with Crippen LogP contribution in [0.1, 0.15) is 52.5 Å². The number of hydrogen-bond acceptors (Lipinski definition) is 7. The number of carboxylic acids is 1. The van der Waals surface area contributed by atoms with Crippen LogP contribution in [0.25, 0.3) is 0 Å². The zero-order valence-electron chi connectivity index (χ0n) is 24.5. The summed E-state index contributed by atoms with van der Waals surface area (Å²) in [7, 11) is 0. The zero-order valence-corrected chi connectivity index (χ0v) is 24.5. The molecule has 234 valence electrons. The molecule has 1 fully saturated rings. The third kappa shape index (κ3) is 6.80. The van der Waals surface area contributed by atoms with Crippen LogP contribution in [0.4, 0.5) is 19.3 Å². The molecule has 0 spiro atoms. The molecule has 0 unspecified atom stereocenters. The van der Waals surface area contributed by atoms with Gasteiger partial charge in [0.15, 0.2) is 6.04 Å². The van der Waals surface area contributed by atoms with E-state index in [0.29, 0.717) is 11.1 Å². The van der Waals surface area contributed by atoms with Gasteiger partial charge in [0, 0.05) is 35.4 Å². The highest BCUT2D eigenvalue weighted by Gasteiger charge is 2.42. The summed E-state index contributed by atoms with van der Waals surface area (Å²) in [5.74, 6) is -6.84. The van der Waals surface area contributed by atoms with Crippen molar-refractivity contribution in [2.75, 3.05) is 11.9 Å². The van der Waals surface area contributed by atoms with Crippen LogP contribution in [-0.2, 0) is 14.3 Å². The number of carbonyl (C=O) groups excluding carboxylic acids is 3. The maximum absolute atomic E-state index is 15.2. The number of cyclic esters (lactones) is 1. The number of ether oxygens (including phenoxy) is 1. The SMILES string of the molecule is CC(=N[C@H](C(=O)O)[C@H](CC(=O)N1C(=O)OC[C@@H]1c1ccccc1)c1c(F)cccc1F)c1ccccc1NC(=O)c1ccccn1. The van der Waals surface area contributed by atoms with Crippen LogP contribution in [0.2, 0.25) is 0 Å². The Labute approximate surface area is 262 Å². The molecule has 3 aromatic carbocycles. The summed E-state index contributed by atoms with van der Waals surface area (Å²) >= 11 is 0. The molecule has 12 heteroatoms. The van der Waals surface area contributed by atoms with Gasteiger partial charge in [-0.3, -0.25) is 19.6 Å². The van der Waals surface area contributed by atoms with Gasteiger partial charge in [0.2, 0.25) is 5.91 Å². The van der Waals surface area contributed by atoms with Crippen molar-refractivity contribution in [1.29, 1.82) is 0 Å². The molecule has 3 atom stereocenters. The molecule has 0 bridgehead atoms. The van der Waals surface area contributed by atoms with Crippen molar-refractivity contribution in [2.24, 2.45) is 4.99 Å². The Bertz CT molecular complexity index is 1780. The largest absolute Gasteiger partial charge is 0.480 e. The Hall–Kier alpha value is -5.78. The summed E-state index contributed by atoms with van der Waals surface area (Å²) in [6.45, 7) is 1.33. The van der Waals surface area contributed by atoms with Crippen molar-refractivity contribution < 1.29 is 37.8 Å². The number of para-hydroxylation sites is 1. The third-order valence-corrected chi connectivity index (χ3v) is 7.52. The average Bonchev–Trinajstić information content (AvgIpc) is 3.45. The number of halogens is 2. The van der Waals surface area contributed by atoms with Crippen molar-refractivity contribution in [3.05, 3.63) is 131 Å². The van der Waals surface area contributed by atoms with Crippen LogP contribution in [0, 0.1) is 11.6 Å². The highest BCUT2D eigenvalue weighted by molar-refractivity contribution is 6.10. The molecule has 1 aromatic heterocycles. The van der Waals surface area contributed by atoms with Gasteiger partial charge in [0.1, 0.15) is 30.0 Å². The van der Waals surface area contributed by atoms with Crippen molar-refractivity contribution >= 4 is 35.3 Å². The zero-order chi connectivity index (χ0) is 32.8. The lowest BCUT2D eigenvalue weighted by molar-refractivity contribution is -0.139. The van der Waals surface area contributed by atoms with Gasteiger partial charge in [-0.1, -0.05) is 60.7 Å². The fraction of sp³-hybridized carbons (Fsp3) is 0.176. The molecule has 0 saturated carbocycles. The number of carboxylic acid groups (broad SMARTS) is 1. The number of nitrogens with zero attached hydrogens (tertiary/aromatic N) is 3. The lowest BCUT2D eigenvalue weighted by Gasteiger charge is -2.26. The molecular weight excluding hydrogens is 598 g/mol. The fourth-order valence-electron chi connectivity index (χ4n) is 5.33. The first-order valence-corrected chi connectivity index (χ1v) is 14.2. The van der Waals surface area contributed by atoms with Gasteiger partial charge in [-0.2, -0.15) is 0 Å². The summed E-state index contributed by atoms with van der Waals surface area (Å²) in [5.41, 5.74) is 0.756. The molecule has 2 heterocycles. The van der Waals surface area contributed by atoms with E-state index in [1.165, 1.54) is 19.2 Å². The van der Waals surface area contributed by atoms with Crippen LogP contribution in [-0.4, -0.2) is 57.2 Å². The third-order valence-electron chi connectivity index (χ3n) is 7.52. The number of imide groups is 1. The predicted octanol–water partition coefficient (Wildman–Crippen LogP) is 5.77. The Morgan fingerprint density at radius 1 is 0.978 bits per heavy atom. The number of anilines is 1. The maximum Gasteiger partial charge on any atom is 0.417 e. The van der Waals surface area contributed by atoms with Crippen molar-refractivity contribution in [3.8, 4) is 0 Å². The number of aliphatic imine (C=N–C) groups is 1. The van der Waals surface area contributed by atoms with Gasteiger partial charge in [0.05, 0.1) is 5.69 Å². The van der Waals surface area contributed by atoms with Gasteiger partial charge < -0.3 is 15.2 Å². The first-order valence-electron chi connectivity index (χ1n) is 14.2. The first kappa shape index (κ1) is 31.6. The van der Waals surface area contributed by atoms with Crippen LogP contribution < -0.4 is 5.32 Å². The molecule has 1 aliphatic heterocycles. The Morgan fingerprint density at radius 3 is 2.33 bits per heavy atom.